The van der Waals surface area contributed by atoms with Crippen molar-refractivity contribution < 1.29 is 19.4 Å². The number of hydrogen-bond donors (Lipinski definition) is 1. The molecule has 1 aromatic heterocycles. The van der Waals surface area contributed by atoms with Crippen LogP contribution in [-0.4, -0.2) is 22.7 Å². The third-order valence-electron chi connectivity index (χ3n) is 2.90. The van der Waals surface area contributed by atoms with E-state index in [4.69, 9.17) is 26.2 Å². The third-order valence-corrected chi connectivity index (χ3v) is 3.17. The molecule has 5 nitrogen and oxygen atoms in total. The van der Waals surface area contributed by atoms with Crippen molar-refractivity contribution in [2.45, 2.75) is 33.0 Å². The molecule has 0 amide bonds. The third kappa shape index (κ3) is 2.15. The summed E-state index contributed by atoms with van der Waals surface area (Å²) in [5.74, 6) is -0.571. The number of carboxylic acid groups (broad SMARTS) is 1. The molecule has 18 heavy (non-hydrogen) atoms. The van der Waals surface area contributed by atoms with Gasteiger partial charge in [-0.1, -0.05) is 11.6 Å². The first kappa shape index (κ1) is 13.1. The van der Waals surface area contributed by atoms with Crippen LogP contribution in [0.2, 0.25) is 5.15 Å². The number of aliphatic carboxylic acids is 1. The predicted octanol–water partition coefficient (Wildman–Crippen LogP) is 2.27. The van der Waals surface area contributed by atoms with Gasteiger partial charge in [0.05, 0.1) is 17.9 Å². The second kappa shape index (κ2) is 4.40. The van der Waals surface area contributed by atoms with Crippen LogP contribution in [-0.2, 0) is 21.7 Å². The van der Waals surface area contributed by atoms with E-state index in [1.807, 2.05) is 13.8 Å². The minimum Gasteiger partial charge on any atom is -0.480 e. The summed E-state index contributed by atoms with van der Waals surface area (Å²) in [6, 6.07) is 0. The van der Waals surface area contributed by atoms with Gasteiger partial charge < -0.3 is 14.6 Å². The number of carbonyl (C=O) groups is 1. The molecule has 0 aromatic carbocycles. The summed E-state index contributed by atoms with van der Waals surface area (Å²) in [7, 11) is 0. The predicted molar refractivity (Wildman–Crippen MR) is 64.9 cm³/mol. The molecule has 0 saturated carbocycles. The van der Waals surface area contributed by atoms with Crippen LogP contribution in [0.15, 0.2) is 0 Å². The zero-order valence-corrected chi connectivity index (χ0v) is 11.2. The molecule has 1 aliphatic rings. The van der Waals surface area contributed by atoms with E-state index in [-0.39, 0.29) is 0 Å². The number of halogens is 1. The molecule has 98 valence electrons. The molecule has 0 bridgehead atoms. The Morgan fingerprint density at radius 1 is 1.61 bits per heavy atom. The Morgan fingerprint density at radius 3 is 2.89 bits per heavy atom. The lowest BCUT2D eigenvalue weighted by Gasteiger charge is -2.20. The van der Waals surface area contributed by atoms with Crippen LogP contribution in [0.25, 0.3) is 0 Å². The van der Waals surface area contributed by atoms with Crippen molar-refractivity contribution in [1.29, 1.82) is 0 Å². The summed E-state index contributed by atoms with van der Waals surface area (Å²) in [6.07, 6.45) is 0. The lowest BCUT2D eigenvalue weighted by atomic mass is 9.97. The Morgan fingerprint density at radius 2 is 2.28 bits per heavy atom. The lowest BCUT2D eigenvalue weighted by molar-refractivity contribution is -0.139. The highest BCUT2D eigenvalue weighted by Crippen LogP contribution is 2.44. The molecule has 2 rings (SSSR count). The van der Waals surface area contributed by atoms with Crippen molar-refractivity contribution in [2.75, 3.05) is 6.61 Å². The Bertz CT molecular complexity index is 513. The van der Waals surface area contributed by atoms with Crippen molar-refractivity contribution in [3.8, 4) is 5.75 Å². The minimum absolute atomic E-state index is 0.348. The molecule has 0 unspecified atom stereocenters. The highest BCUT2D eigenvalue weighted by atomic mass is 35.5. The quantitative estimate of drug-likeness (QED) is 0.854. The highest BCUT2D eigenvalue weighted by molar-refractivity contribution is 6.30. The van der Waals surface area contributed by atoms with Gasteiger partial charge in [-0.05, 0) is 20.8 Å². The molecule has 1 aliphatic heterocycles. The molecule has 0 spiro atoms. The molecule has 0 atom stereocenters. The average molecular weight is 272 g/mol. The Labute approximate surface area is 110 Å². The van der Waals surface area contributed by atoms with Crippen LogP contribution in [0.5, 0.6) is 5.75 Å². The zero-order chi connectivity index (χ0) is 13.5. The first-order chi connectivity index (χ1) is 8.33. The van der Waals surface area contributed by atoms with Gasteiger partial charge >= 0.3 is 5.97 Å². The van der Waals surface area contributed by atoms with E-state index in [9.17, 15) is 4.79 Å². The van der Waals surface area contributed by atoms with E-state index >= 15 is 0 Å². The number of fused-ring (bicyclic) bond motifs is 1. The van der Waals surface area contributed by atoms with Gasteiger partial charge in [0.25, 0.3) is 0 Å². The van der Waals surface area contributed by atoms with Crippen LogP contribution in [0.3, 0.4) is 0 Å². The van der Waals surface area contributed by atoms with Gasteiger partial charge in [-0.2, -0.15) is 0 Å². The van der Waals surface area contributed by atoms with E-state index in [1.54, 1.807) is 6.92 Å². The SMILES string of the molecule is Cc1nc(Cl)c2c(c1OCC(=O)O)COC2(C)C. The molecular weight excluding hydrogens is 258 g/mol. The summed E-state index contributed by atoms with van der Waals surface area (Å²) in [5, 5.41) is 9.05. The minimum atomic E-state index is -1.03. The van der Waals surface area contributed by atoms with Crippen molar-refractivity contribution in [2.24, 2.45) is 0 Å². The molecule has 1 N–H and O–H groups in total. The van der Waals surface area contributed by atoms with Crippen LogP contribution >= 0.6 is 11.6 Å². The van der Waals surface area contributed by atoms with Gasteiger partial charge in [-0.15, -0.1) is 0 Å². The highest BCUT2D eigenvalue weighted by Gasteiger charge is 2.37. The standard InChI is InChI=1S/C12H14ClNO4/c1-6-10(17-5-8(15)16)7-4-18-12(2,3)9(7)11(13)14-6/h4-5H2,1-3H3,(H,15,16). The molecule has 0 radical (unpaired) electrons. The van der Waals surface area contributed by atoms with E-state index in [0.717, 1.165) is 11.1 Å². The van der Waals surface area contributed by atoms with Crippen molar-refractivity contribution >= 4 is 17.6 Å². The van der Waals surface area contributed by atoms with Gasteiger partial charge in [0, 0.05) is 11.1 Å². The van der Waals surface area contributed by atoms with Gasteiger partial charge in [0.2, 0.25) is 0 Å². The first-order valence-corrected chi connectivity index (χ1v) is 5.88. The number of carboxylic acids is 1. The first-order valence-electron chi connectivity index (χ1n) is 5.51. The number of hydrogen-bond acceptors (Lipinski definition) is 4. The molecule has 0 fully saturated rings. The fraction of sp³-hybridized carbons (Fsp3) is 0.500. The number of rotatable bonds is 3. The summed E-state index contributed by atoms with van der Waals surface area (Å²) >= 11 is 6.13. The number of nitrogens with zero attached hydrogens (tertiary/aromatic N) is 1. The number of ether oxygens (including phenoxy) is 2. The molecule has 0 saturated heterocycles. The molecule has 1 aromatic rings. The van der Waals surface area contributed by atoms with E-state index in [0.29, 0.717) is 23.2 Å². The van der Waals surface area contributed by atoms with Crippen LogP contribution < -0.4 is 4.74 Å². The van der Waals surface area contributed by atoms with Crippen LogP contribution in [0.1, 0.15) is 30.7 Å². The second-order valence-corrected chi connectivity index (χ2v) is 5.01. The van der Waals surface area contributed by atoms with Crippen LogP contribution in [0.4, 0.5) is 0 Å². The second-order valence-electron chi connectivity index (χ2n) is 4.65. The Kier molecular flexibility index (Phi) is 3.21. The van der Waals surface area contributed by atoms with Gasteiger partial charge in [0.15, 0.2) is 6.61 Å². The fourth-order valence-corrected chi connectivity index (χ4v) is 2.58. The number of pyridine rings is 1. The Balaban J connectivity index is 2.49. The summed E-state index contributed by atoms with van der Waals surface area (Å²) < 4.78 is 10.9. The number of aryl methyl sites for hydroxylation is 1. The summed E-state index contributed by atoms with van der Waals surface area (Å²) in [5.41, 5.74) is 1.60. The van der Waals surface area contributed by atoms with E-state index in [2.05, 4.69) is 4.98 Å². The summed E-state index contributed by atoms with van der Waals surface area (Å²) in [6.45, 7) is 5.46. The largest absolute Gasteiger partial charge is 0.480 e. The maximum absolute atomic E-state index is 10.6. The molecular formula is C12H14ClNO4. The topological polar surface area (TPSA) is 68.7 Å². The lowest BCUT2D eigenvalue weighted by Crippen LogP contribution is -2.17. The van der Waals surface area contributed by atoms with Crippen molar-refractivity contribution in [1.82, 2.24) is 4.98 Å². The molecule has 6 heteroatoms. The van der Waals surface area contributed by atoms with E-state index < -0.39 is 18.2 Å². The van der Waals surface area contributed by atoms with Crippen LogP contribution in [0, 0.1) is 6.92 Å². The normalized spacial score (nSPS) is 16.4. The molecule has 0 aliphatic carbocycles. The maximum Gasteiger partial charge on any atom is 0.341 e. The fourth-order valence-electron chi connectivity index (χ4n) is 2.11. The summed E-state index contributed by atoms with van der Waals surface area (Å²) in [4.78, 5) is 14.8. The van der Waals surface area contributed by atoms with Crippen molar-refractivity contribution in [3.05, 3.63) is 22.0 Å². The van der Waals surface area contributed by atoms with Gasteiger partial charge in [0.1, 0.15) is 10.9 Å². The smallest absolute Gasteiger partial charge is 0.341 e. The van der Waals surface area contributed by atoms with Gasteiger partial charge in [-0.25, -0.2) is 9.78 Å². The number of aromatic nitrogens is 1. The van der Waals surface area contributed by atoms with Gasteiger partial charge in [-0.3, -0.25) is 0 Å². The zero-order valence-electron chi connectivity index (χ0n) is 10.4. The Hall–Kier alpha value is -1.33. The average Bonchev–Trinajstić information content (AvgIpc) is 2.54. The van der Waals surface area contributed by atoms with Crippen molar-refractivity contribution in [3.63, 3.8) is 0 Å². The monoisotopic (exact) mass is 271 g/mol. The maximum atomic E-state index is 10.6. The molecule has 2 heterocycles. The van der Waals surface area contributed by atoms with E-state index in [1.165, 1.54) is 0 Å².